The van der Waals surface area contributed by atoms with E-state index in [9.17, 15) is 9.59 Å². The highest BCUT2D eigenvalue weighted by molar-refractivity contribution is 6.04. The number of ketones is 1. The maximum atomic E-state index is 12.0. The van der Waals surface area contributed by atoms with Crippen LogP contribution in [0, 0.1) is 13.8 Å². The smallest absolute Gasteiger partial charge is 0.304 e. The normalized spacial score (nSPS) is 22.6. The highest BCUT2D eigenvalue weighted by Gasteiger charge is 2.42. The van der Waals surface area contributed by atoms with Crippen molar-refractivity contribution in [3.8, 4) is 0 Å². The lowest BCUT2D eigenvalue weighted by molar-refractivity contribution is -0.138. The van der Waals surface area contributed by atoms with Crippen LogP contribution >= 0.6 is 0 Å². The molecule has 1 unspecified atom stereocenters. The van der Waals surface area contributed by atoms with Crippen LogP contribution in [0.4, 0.5) is 0 Å². The Morgan fingerprint density at radius 3 is 2.53 bits per heavy atom. The van der Waals surface area contributed by atoms with Gasteiger partial charge < -0.3 is 5.11 Å². The Balaban J connectivity index is 2.64. The standard InChI is InChI=1S/C14H16O3/c1-8-4-5-9(2)13-12(8)10(15)6-14(13,3)7-11(16)17/h4-5H,6-7H2,1-3H3,(H,16,17). The molecule has 17 heavy (non-hydrogen) atoms. The summed E-state index contributed by atoms with van der Waals surface area (Å²) in [7, 11) is 0. The predicted molar refractivity (Wildman–Crippen MR) is 64.5 cm³/mol. The summed E-state index contributed by atoms with van der Waals surface area (Å²) in [6, 6.07) is 3.89. The second-order valence-electron chi connectivity index (χ2n) is 5.18. The number of hydrogen-bond acceptors (Lipinski definition) is 2. The van der Waals surface area contributed by atoms with Crippen molar-refractivity contribution < 1.29 is 14.7 Å². The van der Waals surface area contributed by atoms with Crippen LogP contribution in [0.5, 0.6) is 0 Å². The zero-order valence-corrected chi connectivity index (χ0v) is 10.3. The van der Waals surface area contributed by atoms with Gasteiger partial charge in [0.15, 0.2) is 5.78 Å². The van der Waals surface area contributed by atoms with Crippen LogP contribution in [0.3, 0.4) is 0 Å². The zero-order chi connectivity index (χ0) is 12.8. The lowest BCUT2D eigenvalue weighted by Gasteiger charge is -2.24. The number of fused-ring (bicyclic) bond motifs is 1. The molecular formula is C14H16O3. The monoisotopic (exact) mass is 232 g/mol. The number of rotatable bonds is 2. The number of carbonyl (C=O) groups excluding carboxylic acids is 1. The van der Waals surface area contributed by atoms with Gasteiger partial charge in [-0.25, -0.2) is 0 Å². The highest BCUT2D eigenvalue weighted by atomic mass is 16.4. The number of benzene rings is 1. The number of hydrogen-bond donors (Lipinski definition) is 1. The molecule has 0 bridgehead atoms. The molecule has 0 aliphatic heterocycles. The fraction of sp³-hybridized carbons (Fsp3) is 0.429. The van der Waals surface area contributed by atoms with Crippen molar-refractivity contribution in [3.63, 3.8) is 0 Å². The van der Waals surface area contributed by atoms with Crippen LogP contribution in [0.2, 0.25) is 0 Å². The number of Topliss-reactive ketones (excluding diaryl/α,β-unsaturated/α-hetero) is 1. The molecular weight excluding hydrogens is 216 g/mol. The fourth-order valence-electron chi connectivity index (χ4n) is 2.96. The molecule has 1 aliphatic carbocycles. The Morgan fingerprint density at radius 1 is 1.35 bits per heavy atom. The van der Waals surface area contributed by atoms with E-state index in [1.807, 2.05) is 32.9 Å². The molecule has 1 atom stereocenters. The molecule has 0 radical (unpaired) electrons. The molecule has 90 valence electrons. The molecule has 1 aromatic rings. The van der Waals surface area contributed by atoms with Gasteiger partial charge in [0.2, 0.25) is 0 Å². The van der Waals surface area contributed by atoms with Gasteiger partial charge in [0.25, 0.3) is 0 Å². The number of aryl methyl sites for hydroxylation is 2. The minimum atomic E-state index is -0.853. The molecule has 1 aliphatic rings. The van der Waals surface area contributed by atoms with E-state index < -0.39 is 11.4 Å². The quantitative estimate of drug-likeness (QED) is 0.852. The van der Waals surface area contributed by atoms with E-state index in [-0.39, 0.29) is 12.2 Å². The summed E-state index contributed by atoms with van der Waals surface area (Å²) >= 11 is 0. The van der Waals surface area contributed by atoms with Gasteiger partial charge in [-0.05, 0) is 30.5 Å². The second-order valence-corrected chi connectivity index (χ2v) is 5.18. The predicted octanol–water partition coefficient (Wildman–Crippen LogP) is 2.62. The number of carbonyl (C=O) groups is 2. The molecule has 3 nitrogen and oxygen atoms in total. The van der Waals surface area contributed by atoms with Crippen LogP contribution in [0.25, 0.3) is 0 Å². The van der Waals surface area contributed by atoms with Gasteiger partial charge in [-0.2, -0.15) is 0 Å². The van der Waals surface area contributed by atoms with Crippen molar-refractivity contribution in [1.82, 2.24) is 0 Å². The van der Waals surface area contributed by atoms with Gasteiger partial charge >= 0.3 is 5.97 Å². The summed E-state index contributed by atoms with van der Waals surface area (Å²) < 4.78 is 0. The van der Waals surface area contributed by atoms with Gasteiger partial charge in [0.05, 0.1) is 6.42 Å². The van der Waals surface area contributed by atoms with Crippen molar-refractivity contribution >= 4 is 11.8 Å². The second kappa shape index (κ2) is 3.69. The molecule has 1 aromatic carbocycles. The van der Waals surface area contributed by atoms with E-state index >= 15 is 0 Å². The van der Waals surface area contributed by atoms with E-state index in [1.54, 1.807) is 0 Å². The van der Waals surface area contributed by atoms with Crippen molar-refractivity contribution in [2.75, 3.05) is 0 Å². The minimum absolute atomic E-state index is 0.00995. The zero-order valence-electron chi connectivity index (χ0n) is 10.3. The Bertz CT molecular complexity index is 516. The summed E-state index contributed by atoms with van der Waals surface area (Å²) in [5, 5.41) is 9.00. The average molecular weight is 232 g/mol. The van der Waals surface area contributed by atoms with E-state index in [1.165, 1.54) is 0 Å². The van der Waals surface area contributed by atoms with Crippen LogP contribution in [0.1, 0.15) is 46.8 Å². The fourth-order valence-corrected chi connectivity index (χ4v) is 2.96. The topological polar surface area (TPSA) is 54.4 Å². The summed E-state index contributed by atoms with van der Waals surface area (Å²) in [5.41, 5.74) is 3.09. The first-order valence-electron chi connectivity index (χ1n) is 5.71. The molecule has 3 heteroatoms. The minimum Gasteiger partial charge on any atom is -0.481 e. The first kappa shape index (κ1) is 11.8. The van der Waals surface area contributed by atoms with E-state index in [0.717, 1.165) is 22.3 Å². The van der Waals surface area contributed by atoms with Crippen LogP contribution in [-0.4, -0.2) is 16.9 Å². The SMILES string of the molecule is Cc1ccc(C)c2c1C(=O)CC2(C)CC(=O)O. The maximum absolute atomic E-state index is 12.0. The first-order chi connectivity index (χ1) is 7.85. The average Bonchev–Trinajstić information content (AvgIpc) is 2.44. The molecule has 0 saturated heterocycles. The Hall–Kier alpha value is -1.64. The molecule has 0 aromatic heterocycles. The van der Waals surface area contributed by atoms with E-state index in [2.05, 4.69) is 0 Å². The van der Waals surface area contributed by atoms with Gasteiger partial charge in [0, 0.05) is 17.4 Å². The summed E-state index contributed by atoms with van der Waals surface area (Å²) in [6.45, 7) is 5.72. The largest absolute Gasteiger partial charge is 0.481 e. The highest BCUT2D eigenvalue weighted by Crippen LogP contribution is 2.44. The Labute approximate surface area is 100 Å². The first-order valence-corrected chi connectivity index (χ1v) is 5.71. The number of carboxylic acid groups (broad SMARTS) is 1. The third-order valence-corrected chi connectivity index (χ3v) is 3.60. The van der Waals surface area contributed by atoms with E-state index in [4.69, 9.17) is 5.11 Å². The summed E-state index contributed by atoms with van der Waals surface area (Å²) in [6.07, 6.45) is 0.316. The molecule has 0 amide bonds. The molecule has 2 rings (SSSR count). The lowest BCUT2D eigenvalue weighted by atomic mass is 9.78. The molecule has 0 saturated carbocycles. The number of carboxylic acids is 1. The van der Waals surface area contributed by atoms with Gasteiger partial charge in [-0.3, -0.25) is 9.59 Å². The van der Waals surface area contributed by atoms with Crippen LogP contribution in [0.15, 0.2) is 12.1 Å². The lowest BCUT2D eigenvalue weighted by Crippen LogP contribution is -2.24. The van der Waals surface area contributed by atoms with Crippen molar-refractivity contribution in [2.24, 2.45) is 0 Å². The molecule has 0 fully saturated rings. The van der Waals surface area contributed by atoms with Crippen LogP contribution < -0.4 is 0 Å². The maximum Gasteiger partial charge on any atom is 0.304 e. The van der Waals surface area contributed by atoms with Crippen molar-refractivity contribution in [3.05, 3.63) is 34.4 Å². The van der Waals surface area contributed by atoms with Gasteiger partial charge in [0.1, 0.15) is 0 Å². The van der Waals surface area contributed by atoms with Crippen molar-refractivity contribution in [1.29, 1.82) is 0 Å². The third kappa shape index (κ3) is 1.75. The summed E-state index contributed by atoms with van der Waals surface area (Å²) in [5.74, 6) is -0.779. The summed E-state index contributed by atoms with van der Waals surface area (Å²) in [4.78, 5) is 23.0. The van der Waals surface area contributed by atoms with Gasteiger partial charge in [-0.1, -0.05) is 19.1 Å². The Morgan fingerprint density at radius 2 is 1.94 bits per heavy atom. The molecule has 1 N–H and O–H groups in total. The van der Waals surface area contributed by atoms with Crippen LogP contribution in [-0.2, 0) is 10.2 Å². The van der Waals surface area contributed by atoms with Gasteiger partial charge in [-0.15, -0.1) is 0 Å². The number of aliphatic carboxylic acids is 1. The van der Waals surface area contributed by atoms with Crippen molar-refractivity contribution in [2.45, 2.75) is 39.0 Å². The molecule has 0 heterocycles. The Kier molecular flexibility index (Phi) is 2.57. The molecule has 0 spiro atoms. The van der Waals surface area contributed by atoms with E-state index in [0.29, 0.717) is 6.42 Å². The third-order valence-electron chi connectivity index (χ3n) is 3.60.